The number of hydrogen-bond donors (Lipinski definition) is 3. The van der Waals surface area contributed by atoms with Crippen LogP contribution in [0.5, 0.6) is 11.5 Å². The summed E-state index contributed by atoms with van der Waals surface area (Å²) in [6, 6.07) is 2.61. The third kappa shape index (κ3) is 3.78. The average molecular weight is 281 g/mol. The number of amides is 2. The van der Waals surface area contributed by atoms with Gasteiger partial charge in [0.1, 0.15) is 0 Å². The third-order valence-corrected chi connectivity index (χ3v) is 2.69. The Morgan fingerprint density at radius 2 is 1.80 bits per heavy atom. The van der Waals surface area contributed by atoms with Crippen molar-refractivity contribution in [2.45, 2.75) is 19.4 Å². The Hall–Kier alpha value is -2.44. The van der Waals surface area contributed by atoms with Gasteiger partial charge in [-0.2, -0.15) is 0 Å². The molecule has 0 heterocycles. The van der Waals surface area contributed by atoms with Gasteiger partial charge in [-0.25, -0.2) is 0 Å². The Morgan fingerprint density at radius 3 is 2.30 bits per heavy atom. The maximum Gasteiger partial charge on any atom is 0.253 e. The fourth-order valence-electron chi connectivity index (χ4n) is 1.75. The molecule has 0 spiro atoms. The van der Waals surface area contributed by atoms with Crippen molar-refractivity contribution in [2.75, 3.05) is 20.0 Å². The van der Waals surface area contributed by atoms with Gasteiger partial charge in [0.25, 0.3) is 5.91 Å². The molecule has 0 saturated carbocycles. The standard InChI is InChI=1S/C13H19N3O4/c1-7(4-12(15)17)16-13(18)8-5-10(19-2)11(20-3)6-9(8)14/h5-7H,4,14H2,1-3H3,(H2,15,17)(H,16,18). The lowest BCUT2D eigenvalue weighted by atomic mass is 10.1. The minimum atomic E-state index is -0.488. The van der Waals surface area contributed by atoms with Crippen molar-refractivity contribution in [1.29, 1.82) is 0 Å². The lowest BCUT2D eigenvalue weighted by molar-refractivity contribution is -0.118. The van der Waals surface area contributed by atoms with E-state index in [2.05, 4.69) is 5.32 Å². The number of nitrogens with one attached hydrogen (secondary N) is 1. The third-order valence-electron chi connectivity index (χ3n) is 2.69. The second-order valence-corrected chi connectivity index (χ2v) is 4.34. The topological polar surface area (TPSA) is 117 Å². The number of rotatable bonds is 6. The Balaban J connectivity index is 2.95. The normalized spacial score (nSPS) is 11.6. The molecule has 20 heavy (non-hydrogen) atoms. The smallest absolute Gasteiger partial charge is 0.253 e. The Labute approximate surface area is 117 Å². The molecule has 0 fully saturated rings. The van der Waals surface area contributed by atoms with E-state index in [1.807, 2.05) is 0 Å². The molecule has 1 aromatic rings. The van der Waals surface area contributed by atoms with E-state index in [4.69, 9.17) is 20.9 Å². The first-order valence-corrected chi connectivity index (χ1v) is 5.99. The van der Waals surface area contributed by atoms with E-state index in [0.29, 0.717) is 11.5 Å². The first-order chi connectivity index (χ1) is 9.38. The van der Waals surface area contributed by atoms with Crippen molar-refractivity contribution in [2.24, 2.45) is 5.73 Å². The van der Waals surface area contributed by atoms with Crippen LogP contribution in [0.15, 0.2) is 12.1 Å². The second kappa shape index (κ2) is 6.65. The number of nitrogen functional groups attached to an aromatic ring is 1. The van der Waals surface area contributed by atoms with Gasteiger partial charge >= 0.3 is 0 Å². The molecule has 1 rings (SSSR count). The van der Waals surface area contributed by atoms with Crippen LogP contribution in [-0.4, -0.2) is 32.1 Å². The Bertz CT molecular complexity index is 517. The summed E-state index contributed by atoms with van der Waals surface area (Å²) in [6.07, 6.45) is 0.0545. The maximum atomic E-state index is 12.1. The molecule has 5 N–H and O–H groups in total. The van der Waals surface area contributed by atoms with Gasteiger partial charge in [0.05, 0.1) is 19.8 Å². The number of nitrogens with two attached hydrogens (primary N) is 2. The number of hydrogen-bond acceptors (Lipinski definition) is 5. The molecule has 7 nitrogen and oxygen atoms in total. The van der Waals surface area contributed by atoms with Crippen LogP contribution in [0.2, 0.25) is 0 Å². The maximum absolute atomic E-state index is 12.1. The van der Waals surface area contributed by atoms with Crippen LogP contribution in [0, 0.1) is 0 Å². The van der Waals surface area contributed by atoms with Gasteiger partial charge in [0.15, 0.2) is 11.5 Å². The summed E-state index contributed by atoms with van der Waals surface area (Å²) in [4.78, 5) is 22.9. The van der Waals surface area contributed by atoms with E-state index in [1.165, 1.54) is 26.4 Å². The molecule has 2 amide bonds. The number of methoxy groups -OCH3 is 2. The highest BCUT2D eigenvalue weighted by atomic mass is 16.5. The van der Waals surface area contributed by atoms with Crippen molar-refractivity contribution in [3.8, 4) is 11.5 Å². The van der Waals surface area contributed by atoms with Crippen molar-refractivity contribution in [1.82, 2.24) is 5.32 Å². The van der Waals surface area contributed by atoms with Crippen molar-refractivity contribution < 1.29 is 19.1 Å². The molecular weight excluding hydrogens is 262 g/mol. The SMILES string of the molecule is COc1cc(N)c(C(=O)NC(C)CC(N)=O)cc1OC. The van der Waals surface area contributed by atoms with Crippen molar-refractivity contribution >= 4 is 17.5 Å². The number of carbonyl (C=O) groups excluding carboxylic acids is 2. The molecule has 0 aliphatic carbocycles. The molecule has 0 bridgehead atoms. The predicted octanol–water partition coefficient (Wildman–Crippen LogP) is 0.280. The van der Waals surface area contributed by atoms with E-state index in [0.717, 1.165) is 0 Å². The lowest BCUT2D eigenvalue weighted by Gasteiger charge is -2.15. The quantitative estimate of drug-likeness (QED) is 0.647. The zero-order chi connectivity index (χ0) is 15.3. The molecule has 7 heteroatoms. The summed E-state index contributed by atoms with van der Waals surface area (Å²) in [5, 5.41) is 2.64. The Kier molecular flexibility index (Phi) is 5.19. The summed E-state index contributed by atoms with van der Waals surface area (Å²) in [6.45, 7) is 1.68. The fraction of sp³-hybridized carbons (Fsp3) is 0.385. The number of anilines is 1. The average Bonchev–Trinajstić information content (AvgIpc) is 2.36. The molecule has 0 saturated heterocycles. The molecule has 0 aliphatic heterocycles. The number of benzene rings is 1. The van der Waals surface area contributed by atoms with E-state index < -0.39 is 11.8 Å². The second-order valence-electron chi connectivity index (χ2n) is 4.34. The molecule has 110 valence electrons. The molecule has 0 aromatic heterocycles. The zero-order valence-electron chi connectivity index (χ0n) is 11.7. The molecule has 1 atom stereocenters. The molecule has 0 radical (unpaired) electrons. The molecule has 0 aliphatic rings. The van der Waals surface area contributed by atoms with Crippen molar-refractivity contribution in [3.05, 3.63) is 17.7 Å². The Morgan fingerprint density at radius 1 is 1.25 bits per heavy atom. The zero-order valence-corrected chi connectivity index (χ0v) is 11.7. The van der Waals surface area contributed by atoms with Crippen LogP contribution in [0.4, 0.5) is 5.69 Å². The van der Waals surface area contributed by atoms with Gasteiger partial charge in [-0.3, -0.25) is 9.59 Å². The number of carbonyl (C=O) groups is 2. The van der Waals surface area contributed by atoms with Gasteiger partial charge in [-0.1, -0.05) is 0 Å². The minimum Gasteiger partial charge on any atom is -0.493 e. The highest BCUT2D eigenvalue weighted by Crippen LogP contribution is 2.31. The lowest BCUT2D eigenvalue weighted by Crippen LogP contribution is -2.36. The summed E-state index contributed by atoms with van der Waals surface area (Å²) in [7, 11) is 2.94. The molecule has 1 aromatic carbocycles. The number of primary amides is 1. The molecule has 1 unspecified atom stereocenters. The molecular formula is C13H19N3O4. The van der Waals surface area contributed by atoms with Crippen LogP contribution >= 0.6 is 0 Å². The van der Waals surface area contributed by atoms with Crippen LogP contribution in [0.3, 0.4) is 0 Å². The van der Waals surface area contributed by atoms with Gasteiger partial charge in [-0.05, 0) is 13.0 Å². The minimum absolute atomic E-state index is 0.0545. The number of ether oxygens (including phenoxy) is 2. The van der Waals surface area contributed by atoms with Crippen LogP contribution in [0.25, 0.3) is 0 Å². The monoisotopic (exact) mass is 281 g/mol. The first kappa shape index (κ1) is 15.6. The van der Waals surface area contributed by atoms with Crippen LogP contribution < -0.4 is 26.3 Å². The fourth-order valence-corrected chi connectivity index (χ4v) is 1.75. The van der Waals surface area contributed by atoms with E-state index in [1.54, 1.807) is 6.92 Å². The van der Waals surface area contributed by atoms with Gasteiger partial charge in [0, 0.05) is 24.2 Å². The van der Waals surface area contributed by atoms with E-state index >= 15 is 0 Å². The summed E-state index contributed by atoms with van der Waals surface area (Å²) in [5.41, 5.74) is 11.4. The highest BCUT2D eigenvalue weighted by Gasteiger charge is 2.17. The largest absolute Gasteiger partial charge is 0.493 e. The van der Waals surface area contributed by atoms with Gasteiger partial charge < -0.3 is 26.3 Å². The predicted molar refractivity (Wildman–Crippen MR) is 74.7 cm³/mol. The van der Waals surface area contributed by atoms with Gasteiger partial charge in [-0.15, -0.1) is 0 Å². The van der Waals surface area contributed by atoms with Crippen LogP contribution in [-0.2, 0) is 4.79 Å². The summed E-state index contributed by atoms with van der Waals surface area (Å²) < 4.78 is 10.2. The first-order valence-electron chi connectivity index (χ1n) is 5.99. The van der Waals surface area contributed by atoms with E-state index in [-0.39, 0.29) is 23.7 Å². The van der Waals surface area contributed by atoms with E-state index in [9.17, 15) is 9.59 Å². The van der Waals surface area contributed by atoms with Gasteiger partial charge in [0.2, 0.25) is 5.91 Å². The summed E-state index contributed by atoms with van der Waals surface area (Å²) in [5.74, 6) is -0.0589. The van der Waals surface area contributed by atoms with Crippen molar-refractivity contribution in [3.63, 3.8) is 0 Å². The summed E-state index contributed by atoms with van der Waals surface area (Å²) >= 11 is 0. The van der Waals surface area contributed by atoms with Crippen LogP contribution in [0.1, 0.15) is 23.7 Å². The highest BCUT2D eigenvalue weighted by molar-refractivity contribution is 6.00.